The summed E-state index contributed by atoms with van der Waals surface area (Å²) in [5.41, 5.74) is 3.69. The number of rotatable bonds is 7. The van der Waals surface area contributed by atoms with Gasteiger partial charge in [-0.05, 0) is 92.1 Å². The molecule has 0 spiro atoms. The molecule has 0 aromatic heterocycles. The van der Waals surface area contributed by atoms with Gasteiger partial charge in [-0.1, -0.05) is 36.4 Å². The number of sulfonamides is 1. The van der Waals surface area contributed by atoms with E-state index < -0.39 is 15.9 Å². The maximum atomic E-state index is 13.1. The highest BCUT2D eigenvalue weighted by atomic mass is 32.2. The fraction of sp³-hybridized carbons (Fsp3) is 0.107. The standard InChI is InChI=1S/C28H26N2O4S/c1-19-8-7-11-26(21(19)3)30-35(32,33)27-18-22(13-12-20(27)2)28(31)29-23-14-16-25(17-15-23)34-24-9-5-4-6-10-24/h4-18,30H,1-3H3,(H,29,31). The van der Waals surface area contributed by atoms with E-state index in [0.717, 1.165) is 11.1 Å². The van der Waals surface area contributed by atoms with Crippen molar-refractivity contribution in [3.63, 3.8) is 0 Å². The van der Waals surface area contributed by atoms with Crippen LogP contribution in [-0.2, 0) is 10.0 Å². The van der Waals surface area contributed by atoms with Crippen molar-refractivity contribution in [2.45, 2.75) is 25.7 Å². The molecule has 0 aliphatic heterocycles. The van der Waals surface area contributed by atoms with Crippen molar-refractivity contribution < 1.29 is 17.9 Å². The van der Waals surface area contributed by atoms with Crippen LogP contribution in [0.15, 0.2) is 95.9 Å². The van der Waals surface area contributed by atoms with Crippen molar-refractivity contribution in [2.75, 3.05) is 10.0 Å². The van der Waals surface area contributed by atoms with E-state index in [2.05, 4.69) is 10.0 Å². The van der Waals surface area contributed by atoms with Gasteiger partial charge in [0.15, 0.2) is 0 Å². The van der Waals surface area contributed by atoms with E-state index in [1.165, 1.54) is 6.07 Å². The number of aryl methyl sites for hydroxylation is 2. The molecule has 0 aliphatic carbocycles. The van der Waals surface area contributed by atoms with Crippen LogP contribution in [0.2, 0.25) is 0 Å². The van der Waals surface area contributed by atoms with Crippen LogP contribution in [0.4, 0.5) is 11.4 Å². The number of para-hydroxylation sites is 1. The Balaban J connectivity index is 1.51. The van der Waals surface area contributed by atoms with Gasteiger partial charge in [0.2, 0.25) is 0 Å². The normalized spacial score (nSPS) is 11.1. The Morgan fingerprint density at radius 2 is 1.43 bits per heavy atom. The zero-order valence-electron chi connectivity index (χ0n) is 19.7. The lowest BCUT2D eigenvalue weighted by Crippen LogP contribution is -2.17. The quantitative estimate of drug-likeness (QED) is 0.314. The van der Waals surface area contributed by atoms with Crippen LogP contribution in [-0.4, -0.2) is 14.3 Å². The summed E-state index contributed by atoms with van der Waals surface area (Å²) in [7, 11) is -3.89. The Labute approximate surface area is 205 Å². The van der Waals surface area contributed by atoms with Gasteiger partial charge < -0.3 is 10.1 Å². The summed E-state index contributed by atoms with van der Waals surface area (Å²) in [4.78, 5) is 12.9. The first-order chi connectivity index (χ1) is 16.7. The Morgan fingerprint density at radius 3 is 2.14 bits per heavy atom. The number of hydrogen-bond acceptors (Lipinski definition) is 4. The second kappa shape index (κ2) is 10.0. The highest BCUT2D eigenvalue weighted by Crippen LogP contribution is 2.26. The molecule has 6 nitrogen and oxygen atoms in total. The molecule has 0 bridgehead atoms. The molecule has 0 radical (unpaired) electrons. The lowest BCUT2D eigenvalue weighted by Gasteiger charge is -2.14. The first-order valence-corrected chi connectivity index (χ1v) is 12.6. The zero-order chi connectivity index (χ0) is 25.0. The number of benzene rings is 4. The number of carbonyl (C=O) groups is 1. The maximum absolute atomic E-state index is 13.1. The van der Waals surface area contributed by atoms with Crippen LogP contribution in [0.1, 0.15) is 27.0 Å². The predicted octanol–water partition coefficient (Wildman–Crippen LogP) is 6.46. The van der Waals surface area contributed by atoms with Crippen LogP contribution < -0.4 is 14.8 Å². The van der Waals surface area contributed by atoms with Gasteiger partial charge >= 0.3 is 0 Å². The molecule has 0 fully saturated rings. The van der Waals surface area contributed by atoms with Crippen molar-refractivity contribution in [3.8, 4) is 11.5 Å². The van der Waals surface area contributed by atoms with Gasteiger partial charge in [0.05, 0.1) is 10.6 Å². The third-order valence-electron chi connectivity index (χ3n) is 5.68. The van der Waals surface area contributed by atoms with Crippen LogP contribution in [0.5, 0.6) is 11.5 Å². The van der Waals surface area contributed by atoms with E-state index in [1.807, 2.05) is 50.2 Å². The van der Waals surface area contributed by atoms with E-state index in [0.29, 0.717) is 28.4 Å². The van der Waals surface area contributed by atoms with Crippen molar-refractivity contribution in [3.05, 3.63) is 113 Å². The van der Waals surface area contributed by atoms with Crippen molar-refractivity contribution in [1.29, 1.82) is 0 Å². The molecule has 0 aliphatic rings. The van der Waals surface area contributed by atoms with Crippen LogP contribution in [0, 0.1) is 20.8 Å². The summed E-state index contributed by atoms with van der Waals surface area (Å²) in [6, 6.07) is 26.4. The topological polar surface area (TPSA) is 84.5 Å². The Bertz CT molecular complexity index is 1470. The van der Waals surface area contributed by atoms with Gasteiger partial charge in [-0.2, -0.15) is 0 Å². The minimum absolute atomic E-state index is 0.0534. The molecule has 4 aromatic rings. The van der Waals surface area contributed by atoms with E-state index in [1.54, 1.807) is 55.5 Å². The molecule has 35 heavy (non-hydrogen) atoms. The molecule has 0 saturated carbocycles. The predicted molar refractivity (Wildman–Crippen MR) is 139 cm³/mol. The van der Waals surface area contributed by atoms with Crippen molar-refractivity contribution in [1.82, 2.24) is 0 Å². The average Bonchev–Trinajstić information content (AvgIpc) is 2.84. The monoisotopic (exact) mass is 486 g/mol. The number of amides is 1. The van der Waals surface area contributed by atoms with E-state index in [4.69, 9.17) is 4.74 Å². The van der Waals surface area contributed by atoms with Gasteiger partial charge in [0.25, 0.3) is 15.9 Å². The van der Waals surface area contributed by atoms with Gasteiger partial charge in [-0.25, -0.2) is 8.42 Å². The highest BCUT2D eigenvalue weighted by molar-refractivity contribution is 7.92. The van der Waals surface area contributed by atoms with Crippen molar-refractivity contribution in [2.24, 2.45) is 0 Å². The van der Waals surface area contributed by atoms with Crippen LogP contribution in [0.25, 0.3) is 0 Å². The highest BCUT2D eigenvalue weighted by Gasteiger charge is 2.20. The molecule has 7 heteroatoms. The summed E-state index contributed by atoms with van der Waals surface area (Å²) in [5, 5.41) is 2.80. The van der Waals surface area contributed by atoms with Crippen LogP contribution >= 0.6 is 0 Å². The third-order valence-corrected chi connectivity index (χ3v) is 7.19. The Kier molecular flexibility index (Phi) is 6.89. The van der Waals surface area contributed by atoms with E-state index >= 15 is 0 Å². The summed E-state index contributed by atoms with van der Waals surface area (Å²) in [6.45, 7) is 5.48. The fourth-order valence-electron chi connectivity index (χ4n) is 3.53. The molecule has 2 N–H and O–H groups in total. The summed E-state index contributed by atoms with van der Waals surface area (Å²) >= 11 is 0. The second-order valence-corrected chi connectivity index (χ2v) is 9.88. The molecular formula is C28H26N2O4S. The molecule has 0 unspecified atom stereocenters. The number of anilines is 2. The molecular weight excluding hydrogens is 460 g/mol. The summed E-state index contributed by atoms with van der Waals surface area (Å²) in [6.07, 6.45) is 0. The number of carbonyl (C=O) groups excluding carboxylic acids is 1. The summed E-state index contributed by atoms with van der Waals surface area (Å²) < 4.78 is 34.7. The lowest BCUT2D eigenvalue weighted by molar-refractivity contribution is 0.102. The molecule has 1 amide bonds. The molecule has 0 heterocycles. The van der Waals surface area contributed by atoms with Gasteiger partial charge in [-0.15, -0.1) is 0 Å². The van der Waals surface area contributed by atoms with E-state index in [-0.39, 0.29) is 10.5 Å². The largest absolute Gasteiger partial charge is 0.457 e. The smallest absolute Gasteiger partial charge is 0.262 e. The third kappa shape index (κ3) is 5.70. The Hall–Kier alpha value is -4.10. The minimum atomic E-state index is -3.89. The lowest BCUT2D eigenvalue weighted by atomic mass is 10.1. The second-order valence-electron chi connectivity index (χ2n) is 8.23. The van der Waals surface area contributed by atoms with E-state index in [9.17, 15) is 13.2 Å². The number of hydrogen-bond donors (Lipinski definition) is 2. The SMILES string of the molecule is Cc1ccc(C(=O)Nc2ccc(Oc3ccccc3)cc2)cc1S(=O)(=O)Nc1cccc(C)c1C. The molecule has 4 aromatic carbocycles. The molecule has 178 valence electrons. The number of ether oxygens (including phenoxy) is 1. The minimum Gasteiger partial charge on any atom is -0.457 e. The summed E-state index contributed by atoms with van der Waals surface area (Å²) in [5.74, 6) is 0.937. The first kappa shape index (κ1) is 24.0. The maximum Gasteiger partial charge on any atom is 0.262 e. The van der Waals surface area contributed by atoms with Crippen LogP contribution in [0.3, 0.4) is 0 Å². The fourth-order valence-corrected chi connectivity index (χ4v) is 4.92. The average molecular weight is 487 g/mol. The van der Waals surface area contributed by atoms with Gasteiger partial charge in [0, 0.05) is 11.3 Å². The molecule has 0 saturated heterocycles. The number of nitrogens with one attached hydrogen (secondary N) is 2. The van der Waals surface area contributed by atoms with Gasteiger partial charge in [-0.3, -0.25) is 9.52 Å². The van der Waals surface area contributed by atoms with Crippen molar-refractivity contribution >= 4 is 27.3 Å². The van der Waals surface area contributed by atoms with Gasteiger partial charge in [0.1, 0.15) is 11.5 Å². The zero-order valence-corrected chi connectivity index (χ0v) is 20.5. The molecule has 0 atom stereocenters. The molecule has 4 rings (SSSR count). The first-order valence-electron chi connectivity index (χ1n) is 11.1. The Morgan fingerprint density at radius 1 is 0.743 bits per heavy atom.